The van der Waals surface area contributed by atoms with Gasteiger partial charge in [-0.2, -0.15) is 36.4 Å². The van der Waals surface area contributed by atoms with Crippen molar-refractivity contribution in [1.82, 2.24) is 50.6 Å². The topological polar surface area (TPSA) is 105 Å². The van der Waals surface area contributed by atoms with Crippen LogP contribution in [0.1, 0.15) is 33.4 Å². The molecule has 0 spiro atoms. The number of rotatable bonds is 11. The molecule has 0 bridgehead atoms. The minimum atomic E-state index is -4.33. The fourth-order valence-corrected chi connectivity index (χ4v) is 5.37. The van der Waals surface area contributed by atoms with Crippen molar-refractivity contribution in [3.8, 4) is 22.8 Å². The van der Waals surface area contributed by atoms with Crippen LogP contribution in [-0.4, -0.2) is 97.8 Å². The summed E-state index contributed by atoms with van der Waals surface area (Å²) < 4.78 is 75.9. The molecule has 1 N–H and O–H groups in total. The van der Waals surface area contributed by atoms with E-state index in [0.29, 0.717) is 31.0 Å². The molecule has 0 amide bonds. The Bertz CT molecular complexity index is 2020. The Morgan fingerprint density at radius 2 is 1.09 bits per heavy atom. The summed E-state index contributed by atoms with van der Waals surface area (Å²) in [6, 6.07) is 25.4. The number of halogens is 8. The highest BCUT2D eigenvalue weighted by molar-refractivity contribution is 6.18. The molecule has 0 unspecified atom stereocenters. The first-order valence-electron chi connectivity index (χ1n) is 17.0. The molecule has 300 valence electrons. The second-order valence-electron chi connectivity index (χ2n) is 12.8. The van der Waals surface area contributed by atoms with E-state index in [2.05, 4.69) is 36.0 Å². The van der Waals surface area contributed by atoms with Crippen LogP contribution >= 0.6 is 24.0 Å². The number of nitrogens with one attached hydrogen (secondary N) is 1. The van der Waals surface area contributed by atoms with Gasteiger partial charge < -0.3 is 9.80 Å². The van der Waals surface area contributed by atoms with Gasteiger partial charge in [0.05, 0.1) is 17.7 Å². The molecule has 0 saturated carbocycles. The Labute approximate surface area is 332 Å². The SMILES string of the molecule is CN(C)CCCl.CN(C)CCn1nnc(-c2ccccc2Cc2ccc(C(F)(F)F)cc2)n1.Cl.FC(F)(F)c1ccc(Cc2ccccc2-c2nn[nH]n2)cc1. The van der Waals surface area contributed by atoms with Crippen LogP contribution in [0.25, 0.3) is 22.8 Å². The predicted molar refractivity (Wildman–Crippen MR) is 206 cm³/mol. The standard InChI is InChI=1S/C19H20F3N5.C15H11F3N4.C4H10ClN.ClH/c1-26(2)11-12-27-24-18(23-25-27)17-6-4-3-5-15(17)13-14-7-9-16(10-8-14)19(20,21)22;16-15(17,18)12-7-5-10(6-8-12)9-11-3-1-2-4-13(11)14-19-21-22-20-14;1-6(2)4-3-5;/h3-10H,11-13H2,1-2H3;1-8H,9H2,(H,19,20,21,22);3-4H2,1-2H3;1H. The van der Waals surface area contributed by atoms with Gasteiger partial charge in [-0.15, -0.1) is 44.4 Å². The van der Waals surface area contributed by atoms with Crippen LogP contribution in [0.4, 0.5) is 26.3 Å². The zero-order valence-electron chi connectivity index (χ0n) is 31.1. The number of tetrazole rings is 2. The number of aromatic nitrogens is 8. The normalized spacial score (nSPS) is 11.4. The van der Waals surface area contributed by atoms with Crippen molar-refractivity contribution in [1.29, 1.82) is 0 Å². The molecule has 0 atom stereocenters. The average Bonchev–Trinajstić information content (AvgIpc) is 3.85. The molecule has 2 aromatic heterocycles. The van der Waals surface area contributed by atoms with E-state index in [4.69, 9.17) is 11.6 Å². The molecule has 0 radical (unpaired) electrons. The van der Waals surface area contributed by atoms with Crippen LogP contribution in [-0.2, 0) is 31.7 Å². The molecule has 18 heteroatoms. The number of hydrogen-bond acceptors (Lipinski definition) is 8. The van der Waals surface area contributed by atoms with Crippen molar-refractivity contribution in [2.24, 2.45) is 0 Å². The third kappa shape index (κ3) is 14.3. The summed E-state index contributed by atoms with van der Waals surface area (Å²) >= 11 is 5.35. The Morgan fingerprint density at radius 1 is 0.625 bits per heavy atom. The first kappa shape index (κ1) is 45.5. The van der Waals surface area contributed by atoms with E-state index >= 15 is 0 Å². The highest BCUT2D eigenvalue weighted by Crippen LogP contribution is 2.31. The molecular formula is C38H42Cl2F6N10. The Kier molecular flexibility index (Phi) is 17.4. The van der Waals surface area contributed by atoms with Crippen molar-refractivity contribution < 1.29 is 26.3 Å². The first-order valence-corrected chi connectivity index (χ1v) is 17.5. The molecule has 0 aliphatic heterocycles. The average molecular weight is 824 g/mol. The van der Waals surface area contributed by atoms with E-state index in [1.54, 1.807) is 4.80 Å². The number of alkyl halides is 7. The molecule has 0 aliphatic rings. The summed E-state index contributed by atoms with van der Waals surface area (Å²) in [6.07, 6.45) is -7.67. The van der Waals surface area contributed by atoms with E-state index in [-0.39, 0.29) is 12.4 Å². The summed E-state index contributed by atoms with van der Waals surface area (Å²) in [7, 11) is 7.94. The van der Waals surface area contributed by atoms with Crippen LogP contribution in [0, 0.1) is 0 Å². The summed E-state index contributed by atoms with van der Waals surface area (Å²) in [5.41, 5.74) is 3.75. The predicted octanol–water partition coefficient (Wildman–Crippen LogP) is 8.20. The van der Waals surface area contributed by atoms with Crippen molar-refractivity contribution >= 4 is 24.0 Å². The number of nitrogens with zero attached hydrogens (tertiary/aromatic N) is 9. The monoisotopic (exact) mass is 822 g/mol. The molecule has 0 aliphatic carbocycles. The molecule has 6 rings (SSSR count). The van der Waals surface area contributed by atoms with Crippen LogP contribution in [0.5, 0.6) is 0 Å². The van der Waals surface area contributed by atoms with E-state index in [1.807, 2.05) is 86.5 Å². The smallest absolute Gasteiger partial charge is 0.308 e. The third-order valence-corrected chi connectivity index (χ3v) is 8.11. The van der Waals surface area contributed by atoms with Crippen molar-refractivity contribution in [3.05, 3.63) is 130 Å². The van der Waals surface area contributed by atoms with Gasteiger partial charge in [-0.3, -0.25) is 0 Å². The first-order chi connectivity index (χ1) is 26.1. The number of aromatic amines is 1. The highest BCUT2D eigenvalue weighted by atomic mass is 35.5. The largest absolute Gasteiger partial charge is 0.416 e. The number of hydrogen-bond donors (Lipinski definition) is 1. The van der Waals surface area contributed by atoms with Crippen molar-refractivity contribution in [2.45, 2.75) is 31.7 Å². The number of benzene rings is 4. The third-order valence-electron chi connectivity index (χ3n) is 7.95. The van der Waals surface area contributed by atoms with Crippen molar-refractivity contribution in [2.75, 3.05) is 47.2 Å². The van der Waals surface area contributed by atoms with Gasteiger partial charge >= 0.3 is 12.4 Å². The lowest BCUT2D eigenvalue weighted by atomic mass is 9.98. The van der Waals surface area contributed by atoms with Gasteiger partial charge in [0.15, 0.2) is 0 Å². The second-order valence-corrected chi connectivity index (χ2v) is 13.2. The highest BCUT2D eigenvalue weighted by Gasteiger charge is 2.30. The van der Waals surface area contributed by atoms with Crippen LogP contribution < -0.4 is 0 Å². The maximum atomic E-state index is 12.7. The van der Waals surface area contributed by atoms with Crippen LogP contribution in [0.2, 0.25) is 0 Å². The molecular weight excluding hydrogens is 781 g/mol. The van der Waals surface area contributed by atoms with E-state index in [0.717, 1.165) is 76.6 Å². The fraction of sp³-hybridized carbons (Fsp3) is 0.316. The number of H-pyrrole nitrogens is 1. The van der Waals surface area contributed by atoms with E-state index in [9.17, 15) is 26.3 Å². The summed E-state index contributed by atoms with van der Waals surface area (Å²) in [5.74, 6) is 1.70. The lowest BCUT2D eigenvalue weighted by molar-refractivity contribution is -0.138. The maximum Gasteiger partial charge on any atom is 0.416 e. The lowest BCUT2D eigenvalue weighted by Crippen LogP contribution is -2.19. The minimum absolute atomic E-state index is 0. The minimum Gasteiger partial charge on any atom is -0.308 e. The van der Waals surface area contributed by atoms with Gasteiger partial charge in [0, 0.05) is 30.1 Å². The number of likely N-dealkylation sites (N-methyl/N-ethyl adjacent to an activating group) is 1. The molecule has 0 saturated heterocycles. The molecule has 10 nitrogen and oxygen atoms in total. The summed E-state index contributed by atoms with van der Waals surface area (Å²) in [4.78, 5) is 5.62. The van der Waals surface area contributed by atoms with Crippen LogP contribution in [0.3, 0.4) is 0 Å². The van der Waals surface area contributed by atoms with Gasteiger partial charge in [-0.25, -0.2) is 0 Å². The summed E-state index contributed by atoms with van der Waals surface area (Å²) in [5, 5.41) is 26.4. The lowest BCUT2D eigenvalue weighted by Gasteiger charge is -2.09. The fourth-order valence-electron chi connectivity index (χ4n) is 5.03. The molecule has 4 aromatic carbocycles. The van der Waals surface area contributed by atoms with Gasteiger partial charge in [-0.05, 0) is 98.0 Å². The maximum absolute atomic E-state index is 12.7. The Balaban J connectivity index is 0.000000262. The van der Waals surface area contributed by atoms with Gasteiger partial charge in [-0.1, -0.05) is 72.8 Å². The Hall–Kier alpha value is -4.90. The molecule has 56 heavy (non-hydrogen) atoms. The van der Waals surface area contributed by atoms with Gasteiger partial charge in [0.2, 0.25) is 11.6 Å². The quantitative estimate of drug-likeness (QED) is 0.103. The second kappa shape index (κ2) is 21.4. The molecule has 2 heterocycles. The van der Waals surface area contributed by atoms with Crippen molar-refractivity contribution in [3.63, 3.8) is 0 Å². The zero-order chi connectivity index (χ0) is 40.0. The summed E-state index contributed by atoms with van der Waals surface area (Å²) in [6.45, 7) is 2.39. The molecule has 0 fully saturated rings. The van der Waals surface area contributed by atoms with Crippen LogP contribution in [0.15, 0.2) is 97.1 Å². The molecule has 6 aromatic rings. The zero-order valence-corrected chi connectivity index (χ0v) is 32.6. The Morgan fingerprint density at radius 3 is 1.48 bits per heavy atom. The van der Waals surface area contributed by atoms with E-state index in [1.165, 1.54) is 24.3 Å². The van der Waals surface area contributed by atoms with Gasteiger partial charge in [0.1, 0.15) is 0 Å². The van der Waals surface area contributed by atoms with E-state index < -0.39 is 23.5 Å². The van der Waals surface area contributed by atoms with Gasteiger partial charge in [0.25, 0.3) is 0 Å².